The summed E-state index contributed by atoms with van der Waals surface area (Å²) in [6.07, 6.45) is 4.79. The summed E-state index contributed by atoms with van der Waals surface area (Å²) in [5.74, 6) is 0.927. The fourth-order valence-electron chi connectivity index (χ4n) is 2.93. The third-order valence-corrected chi connectivity index (χ3v) is 3.88. The zero-order valence-electron chi connectivity index (χ0n) is 9.12. The van der Waals surface area contributed by atoms with E-state index < -0.39 is 0 Å². The molecule has 0 amide bonds. The van der Waals surface area contributed by atoms with E-state index in [1.807, 2.05) is 6.92 Å². The van der Waals surface area contributed by atoms with E-state index in [0.29, 0.717) is 12.1 Å². The fourth-order valence-corrected chi connectivity index (χ4v) is 2.93. The Hall–Kier alpha value is -1.09. The molecule has 1 saturated heterocycles. The van der Waals surface area contributed by atoms with Crippen molar-refractivity contribution in [1.82, 2.24) is 4.90 Å². The molecule has 1 aromatic heterocycles. The standard InChI is InChI=1S/C12H15NO2/c1-7-6-15-10-5-8-3-4-9(13(8)2)11(10)12(7)14/h6,8-9H,3-5H2,1-2H3/t8-,9+/m0/s1. The van der Waals surface area contributed by atoms with Crippen LogP contribution in [0.4, 0.5) is 0 Å². The van der Waals surface area contributed by atoms with Gasteiger partial charge in [0.15, 0.2) is 5.43 Å². The summed E-state index contributed by atoms with van der Waals surface area (Å²) < 4.78 is 5.56. The maximum atomic E-state index is 12.1. The van der Waals surface area contributed by atoms with Crippen molar-refractivity contribution in [3.63, 3.8) is 0 Å². The van der Waals surface area contributed by atoms with Crippen molar-refractivity contribution in [3.8, 4) is 0 Å². The molecule has 15 heavy (non-hydrogen) atoms. The van der Waals surface area contributed by atoms with Crippen molar-refractivity contribution in [2.45, 2.75) is 38.3 Å². The first kappa shape index (κ1) is 9.16. The highest BCUT2D eigenvalue weighted by Crippen LogP contribution is 2.40. The Morgan fingerprint density at radius 3 is 3.07 bits per heavy atom. The normalized spacial score (nSPS) is 29.2. The van der Waals surface area contributed by atoms with Crippen molar-refractivity contribution in [2.24, 2.45) is 0 Å². The van der Waals surface area contributed by atoms with Crippen molar-refractivity contribution < 1.29 is 4.42 Å². The Balaban J connectivity index is 2.24. The molecule has 0 radical (unpaired) electrons. The van der Waals surface area contributed by atoms with Crippen molar-refractivity contribution in [2.75, 3.05) is 7.05 Å². The smallest absolute Gasteiger partial charge is 0.192 e. The minimum atomic E-state index is 0.188. The minimum Gasteiger partial charge on any atom is -0.468 e. The van der Waals surface area contributed by atoms with Gasteiger partial charge in [0, 0.05) is 24.1 Å². The third-order valence-electron chi connectivity index (χ3n) is 3.88. The maximum absolute atomic E-state index is 12.1. The lowest BCUT2D eigenvalue weighted by Crippen LogP contribution is -2.37. The van der Waals surface area contributed by atoms with Crippen molar-refractivity contribution in [1.29, 1.82) is 0 Å². The molecule has 0 aliphatic carbocycles. The van der Waals surface area contributed by atoms with Crippen LogP contribution in [-0.4, -0.2) is 18.0 Å². The molecule has 2 aliphatic heterocycles. The van der Waals surface area contributed by atoms with Gasteiger partial charge in [0.1, 0.15) is 5.76 Å². The predicted molar refractivity (Wildman–Crippen MR) is 56.9 cm³/mol. The molecule has 3 nitrogen and oxygen atoms in total. The summed E-state index contributed by atoms with van der Waals surface area (Å²) in [6, 6.07) is 0.878. The van der Waals surface area contributed by atoms with E-state index in [1.165, 1.54) is 6.42 Å². The second-order valence-electron chi connectivity index (χ2n) is 4.70. The van der Waals surface area contributed by atoms with Gasteiger partial charge in [0.25, 0.3) is 0 Å². The van der Waals surface area contributed by atoms with Crippen LogP contribution in [0.2, 0.25) is 0 Å². The zero-order valence-corrected chi connectivity index (χ0v) is 9.12. The molecule has 0 aromatic carbocycles. The van der Waals surface area contributed by atoms with Crippen LogP contribution in [0.3, 0.4) is 0 Å². The summed E-state index contributed by atoms with van der Waals surface area (Å²) >= 11 is 0. The number of likely N-dealkylation sites (N-methyl/N-ethyl adjacent to an activating group) is 1. The second-order valence-corrected chi connectivity index (χ2v) is 4.70. The predicted octanol–water partition coefficient (Wildman–Crippen LogP) is 1.64. The number of aryl methyl sites for hydroxylation is 1. The Morgan fingerprint density at radius 1 is 1.47 bits per heavy atom. The quantitative estimate of drug-likeness (QED) is 0.645. The van der Waals surface area contributed by atoms with Crippen LogP contribution in [0.15, 0.2) is 15.5 Å². The Morgan fingerprint density at radius 2 is 2.27 bits per heavy atom. The lowest BCUT2D eigenvalue weighted by Gasteiger charge is -2.31. The monoisotopic (exact) mass is 205 g/mol. The van der Waals surface area contributed by atoms with E-state index in [0.717, 1.165) is 29.7 Å². The summed E-state index contributed by atoms with van der Waals surface area (Å²) in [7, 11) is 2.12. The van der Waals surface area contributed by atoms with Crippen LogP contribution in [0, 0.1) is 6.92 Å². The number of nitrogens with zero attached hydrogens (tertiary/aromatic N) is 1. The maximum Gasteiger partial charge on any atom is 0.192 e. The first-order valence-electron chi connectivity index (χ1n) is 5.51. The molecule has 2 atom stereocenters. The summed E-state index contributed by atoms with van der Waals surface area (Å²) in [6.45, 7) is 1.83. The van der Waals surface area contributed by atoms with Crippen LogP contribution in [-0.2, 0) is 6.42 Å². The van der Waals surface area contributed by atoms with E-state index >= 15 is 0 Å². The summed E-state index contributed by atoms with van der Waals surface area (Å²) in [4.78, 5) is 14.4. The fraction of sp³-hybridized carbons (Fsp3) is 0.583. The summed E-state index contributed by atoms with van der Waals surface area (Å²) in [5, 5.41) is 0. The molecular weight excluding hydrogens is 190 g/mol. The van der Waals surface area contributed by atoms with E-state index in [9.17, 15) is 4.79 Å². The first-order valence-corrected chi connectivity index (χ1v) is 5.51. The molecule has 1 aromatic rings. The Kier molecular flexibility index (Phi) is 1.80. The number of hydrogen-bond acceptors (Lipinski definition) is 3. The largest absolute Gasteiger partial charge is 0.468 e. The number of fused-ring (bicyclic) bond motifs is 4. The average Bonchev–Trinajstić information content (AvgIpc) is 2.49. The van der Waals surface area contributed by atoms with Crippen LogP contribution < -0.4 is 5.43 Å². The van der Waals surface area contributed by atoms with E-state index in [4.69, 9.17) is 4.42 Å². The topological polar surface area (TPSA) is 33.5 Å². The lowest BCUT2D eigenvalue weighted by molar-refractivity contribution is 0.204. The molecule has 3 rings (SSSR count). The molecule has 2 bridgehead atoms. The highest BCUT2D eigenvalue weighted by atomic mass is 16.3. The molecule has 0 spiro atoms. The molecule has 0 N–H and O–H groups in total. The Labute approximate surface area is 88.7 Å². The molecule has 3 heterocycles. The van der Waals surface area contributed by atoms with Gasteiger partial charge in [0.2, 0.25) is 0 Å². The van der Waals surface area contributed by atoms with Crippen molar-refractivity contribution in [3.05, 3.63) is 33.4 Å². The van der Waals surface area contributed by atoms with Gasteiger partial charge in [-0.1, -0.05) is 0 Å². The highest BCUT2D eigenvalue weighted by molar-refractivity contribution is 5.30. The van der Waals surface area contributed by atoms with E-state index in [-0.39, 0.29) is 5.43 Å². The van der Waals surface area contributed by atoms with E-state index in [1.54, 1.807) is 6.26 Å². The van der Waals surface area contributed by atoms with Crippen LogP contribution in [0.5, 0.6) is 0 Å². The SMILES string of the molecule is Cc1coc2c(c1=O)[C@H]1CC[C@@H](C2)N1C. The van der Waals surface area contributed by atoms with Gasteiger partial charge >= 0.3 is 0 Å². The van der Waals surface area contributed by atoms with Crippen molar-refractivity contribution >= 4 is 0 Å². The third kappa shape index (κ3) is 1.13. The molecule has 2 aliphatic rings. The molecule has 80 valence electrons. The Bertz CT molecular complexity index is 463. The minimum absolute atomic E-state index is 0.188. The second kappa shape index (κ2) is 2.95. The van der Waals surface area contributed by atoms with Gasteiger partial charge in [-0.25, -0.2) is 0 Å². The molecule has 1 fully saturated rings. The van der Waals surface area contributed by atoms with E-state index in [2.05, 4.69) is 11.9 Å². The number of rotatable bonds is 0. The molecule has 0 unspecified atom stereocenters. The van der Waals surface area contributed by atoms with Gasteiger partial charge in [-0.3, -0.25) is 9.69 Å². The molecule has 0 saturated carbocycles. The van der Waals surface area contributed by atoms with Gasteiger partial charge < -0.3 is 4.42 Å². The van der Waals surface area contributed by atoms with Crippen LogP contribution in [0.25, 0.3) is 0 Å². The molecular formula is C12H15NO2. The van der Waals surface area contributed by atoms with Gasteiger partial charge in [-0.05, 0) is 26.8 Å². The van der Waals surface area contributed by atoms with Gasteiger partial charge in [-0.15, -0.1) is 0 Å². The lowest BCUT2D eigenvalue weighted by atomic mass is 9.98. The summed E-state index contributed by atoms with van der Waals surface area (Å²) in [5.41, 5.74) is 1.84. The van der Waals surface area contributed by atoms with Crippen LogP contribution in [0.1, 0.15) is 35.8 Å². The van der Waals surface area contributed by atoms with Gasteiger partial charge in [0.05, 0.1) is 11.8 Å². The van der Waals surface area contributed by atoms with Gasteiger partial charge in [-0.2, -0.15) is 0 Å². The molecule has 3 heteroatoms. The number of hydrogen-bond donors (Lipinski definition) is 0. The highest BCUT2D eigenvalue weighted by Gasteiger charge is 2.40. The zero-order chi connectivity index (χ0) is 10.6. The van der Waals surface area contributed by atoms with Crippen LogP contribution >= 0.6 is 0 Å². The average molecular weight is 205 g/mol. The first-order chi connectivity index (χ1) is 7.18.